The highest BCUT2D eigenvalue weighted by Crippen LogP contribution is 2.30. The highest BCUT2D eigenvalue weighted by molar-refractivity contribution is 5.79. The number of aliphatic hydroxyl groups is 1. The molecule has 1 amide bonds. The molecule has 1 saturated heterocycles. The Morgan fingerprint density at radius 3 is 2.76 bits per heavy atom. The van der Waals surface area contributed by atoms with Crippen LogP contribution in [0.5, 0.6) is 0 Å². The standard InChI is InChI=1S/C19H32N4O2/c1-21(2)12-13-22-11-9-20-18(22)16-4-3-10-23(14-16)19(25)15-5-7-17(24)8-6-15/h9,11,15-17,24H,3-8,10,12-14H2,1-2H3. The number of imidazole rings is 1. The number of rotatable bonds is 5. The normalized spacial score (nSPS) is 27.7. The van der Waals surface area contributed by atoms with E-state index in [2.05, 4.69) is 39.6 Å². The highest BCUT2D eigenvalue weighted by Gasteiger charge is 2.32. The number of hydrogen-bond donors (Lipinski definition) is 1. The van der Waals surface area contributed by atoms with E-state index in [0.717, 1.165) is 70.5 Å². The highest BCUT2D eigenvalue weighted by atomic mass is 16.3. The molecule has 0 aromatic carbocycles. The fourth-order valence-corrected chi connectivity index (χ4v) is 4.15. The zero-order valence-electron chi connectivity index (χ0n) is 15.6. The molecule has 6 nitrogen and oxygen atoms in total. The van der Waals surface area contributed by atoms with Crippen LogP contribution in [0.25, 0.3) is 0 Å². The summed E-state index contributed by atoms with van der Waals surface area (Å²) in [6, 6.07) is 0. The Balaban J connectivity index is 1.61. The summed E-state index contributed by atoms with van der Waals surface area (Å²) in [7, 11) is 4.16. The second-order valence-corrected chi connectivity index (χ2v) is 7.91. The molecule has 1 aliphatic carbocycles. The van der Waals surface area contributed by atoms with Crippen molar-refractivity contribution >= 4 is 5.91 Å². The third-order valence-corrected chi connectivity index (χ3v) is 5.68. The lowest BCUT2D eigenvalue weighted by Gasteiger charge is -2.36. The van der Waals surface area contributed by atoms with Crippen LogP contribution in [0.1, 0.15) is 50.3 Å². The molecule has 1 unspecified atom stereocenters. The zero-order valence-corrected chi connectivity index (χ0v) is 15.6. The zero-order chi connectivity index (χ0) is 17.8. The summed E-state index contributed by atoms with van der Waals surface area (Å²) in [5, 5.41) is 9.67. The Bertz CT molecular complexity index is 564. The number of nitrogens with zero attached hydrogens (tertiary/aromatic N) is 4. The fraction of sp³-hybridized carbons (Fsp3) is 0.789. The van der Waals surface area contributed by atoms with Gasteiger partial charge in [0.2, 0.25) is 5.91 Å². The summed E-state index contributed by atoms with van der Waals surface area (Å²) in [5.41, 5.74) is 0. The lowest BCUT2D eigenvalue weighted by Crippen LogP contribution is -2.44. The smallest absolute Gasteiger partial charge is 0.225 e. The van der Waals surface area contributed by atoms with E-state index in [1.807, 2.05) is 6.20 Å². The summed E-state index contributed by atoms with van der Waals surface area (Å²) >= 11 is 0. The van der Waals surface area contributed by atoms with Gasteiger partial charge in [-0.1, -0.05) is 0 Å². The molecule has 0 spiro atoms. The third kappa shape index (κ3) is 4.61. The molecule has 2 fully saturated rings. The summed E-state index contributed by atoms with van der Waals surface area (Å²) in [6.07, 6.45) is 9.08. The van der Waals surface area contributed by atoms with Gasteiger partial charge < -0.3 is 19.5 Å². The van der Waals surface area contributed by atoms with Crippen LogP contribution in [0, 0.1) is 5.92 Å². The van der Waals surface area contributed by atoms with Crippen LogP contribution in [0.4, 0.5) is 0 Å². The minimum absolute atomic E-state index is 0.107. The number of amides is 1. The van der Waals surface area contributed by atoms with E-state index < -0.39 is 0 Å². The lowest BCUT2D eigenvalue weighted by atomic mass is 9.85. The van der Waals surface area contributed by atoms with Crippen molar-refractivity contribution in [1.29, 1.82) is 0 Å². The maximum absolute atomic E-state index is 12.9. The molecule has 140 valence electrons. The summed E-state index contributed by atoms with van der Waals surface area (Å²) < 4.78 is 2.25. The van der Waals surface area contributed by atoms with Crippen molar-refractivity contribution in [2.45, 2.75) is 57.1 Å². The van der Waals surface area contributed by atoms with E-state index in [4.69, 9.17) is 0 Å². The molecule has 25 heavy (non-hydrogen) atoms. The van der Waals surface area contributed by atoms with E-state index in [-0.39, 0.29) is 12.0 Å². The molecule has 1 atom stereocenters. The molecular formula is C19H32N4O2. The molecule has 1 N–H and O–H groups in total. The van der Waals surface area contributed by atoms with Crippen molar-refractivity contribution in [1.82, 2.24) is 19.4 Å². The number of carbonyl (C=O) groups excluding carboxylic acids is 1. The van der Waals surface area contributed by atoms with Gasteiger partial charge in [0.1, 0.15) is 5.82 Å². The Hall–Kier alpha value is -1.40. The summed E-state index contributed by atoms with van der Waals surface area (Å²) in [6.45, 7) is 3.58. The molecular weight excluding hydrogens is 316 g/mol. The molecule has 0 bridgehead atoms. The van der Waals surface area contributed by atoms with Crippen molar-refractivity contribution in [3.05, 3.63) is 18.2 Å². The van der Waals surface area contributed by atoms with Gasteiger partial charge in [-0.15, -0.1) is 0 Å². The first-order chi connectivity index (χ1) is 12.0. The van der Waals surface area contributed by atoms with Crippen molar-refractivity contribution in [2.24, 2.45) is 5.92 Å². The second kappa shape index (κ2) is 8.32. The van der Waals surface area contributed by atoms with Gasteiger partial charge in [0.05, 0.1) is 6.10 Å². The predicted octanol–water partition coefficient (Wildman–Crippen LogP) is 1.70. The number of piperidine rings is 1. The van der Waals surface area contributed by atoms with Crippen molar-refractivity contribution in [3.8, 4) is 0 Å². The van der Waals surface area contributed by atoms with Crippen LogP contribution < -0.4 is 0 Å². The van der Waals surface area contributed by atoms with Gasteiger partial charge in [0, 0.05) is 50.4 Å². The fourth-order valence-electron chi connectivity index (χ4n) is 4.15. The van der Waals surface area contributed by atoms with Gasteiger partial charge in [-0.05, 0) is 52.6 Å². The van der Waals surface area contributed by atoms with Gasteiger partial charge in [-0.25, -0.2) is 4.98 Å². The minimum Gasteiger partial charge on any atom is -0.393 e. The second-order valence-electron chi connectivity index (χ2n) is 7.91. The van der Waals surface area contributed by atoms with Crippen LogP contribution in [0.15, 0.2) is 12.4 Å². The van der Waals surface area contributed by atoms with Crippen LogP contribution in [0.2, 0.25) is 0 Å². The first kappa shape index (κ1) is 18.4. The van der Waals surface area contributed by atoms with Crippen LogP contribution in [-0.4, -0.2) is 70.2 Å². The number of carbonyl (C=O) groups is 1. The first-order valence-electron chi connectivity index (χ1n) is 9.67. The van der Waals surface area contributed by atoms with E-state index in [1.165, 1.54) is 0 Å². The number of hydrogen-bond acceptors (Lipinski definition) is 4. The molecule has 2 aliphatic rings. The van der Waals surface area contributed by atoms with Crippen molar-refractivity contribution < 1.29 is 9.90 Å². The molecule has 6 heteroatoms. The van der Waals surface area contributed by atoms with Gasteiger partial charge in [0.25, 0.3) is 0 Å². The number of aromatic nitrogens is 2. The lowest BCUT2D eigenvalue weighted by molar-refractivity contribution is -0.138. The van der Waals surface area contributed by atoms with E-state index >= 15 is 0 Å². The molecule has 2 heterocycles. The van der Waals surface area contributed by atoms with Gasteiger partial charge in [0.15, 0.2) is 0 Å². The predicted molar refractivity (Wildman–Crippen MR) is 97.3 cm³/mol. The van der Waals surface area contributed by atoms with Gasteiger partial charge >= 0.3 is 0 Å². The van der Waals surface area contributed by atoms with Crippen LogP contribution >= 0.6 is 0 Å². The summed E-state index contributed by atoms with van der Waals surface area (Å²) in [4.78, 5) is 21.7. The molecule has 3 rings (SSSR count). The Kier molecular flexibility index (Phi) is 6.12. The van der Waals surface area contributed by atoms with Crippen LogP contribution in [-0.2, 0) is 11.3 Å². The SMILES string of the molecule is CN(C)CCn1ccnc1C1CCCN(C(=O)C2CCC(O)CC2)C1. The van der Waals surface area contributed by atoms with Gasteiger partial charge in [-0.3, -0.25) is 4.79 Å². The number of likely N-dealkylation sites (N-methyl/N-ethyl adjacent to an activating group) is 1. The molecule has 1 aromatic heterocycles. The maximum atomic E-state index is 12.9. The first-order valence-corrected chi connectivity index (χ1v) is 9.67. The number of aliphatic hydroxyl groups excluding tert-OH is 1. The monoisotopic (exact) mass is 348 g/mol. The third-order valence-electron chi connectivity index (χ3n) is 5.68. The Labute approximate surface area is 150 Å². The van der Waals surface area contributed by atoms with E-state index in [0.29, 0.717) is 11.8 Å². The van der Waals surface area contributed by atoms with Crippen molar-refractivity contribution in [2.75, 3.05) is 33.7 Å². The topological polar surface area (TPSA) is 61.6 Å². The van der Waals surface area contributed by atoms with E-state index in [9.17, 15) is 9.90 Å². The average molecular weight is 348 g/mol. The average Bonchev–Trinajstić information content (AvgIpc) is 3.09. The quantitative estimate of drug-likeness (QED) is 0.880. The largest absolute Gasteiger partial charge is 0.393 e. The Morgan fingerprint density at radius 1 is 1.28 bits per heavy atom. The maximum Gasteiger partial charge on any atom is 0.225 e. The van der Waals surface area contributed by atoms with Gasteiger partial charge in [-0.2, -0.15) is 0 Å². The molecule has 0 radical (unpaired) electrons. The van der Waals surface area contributed by atoms with E-state index in [1.54, 1.807) is 0 Å². The molecule has 1 saturated carbocycles. The van der Waals surface area contributed by atoms with Crippen molar-refractivity contribution in [3.63, 3.8) is 0 Å². The molecule has 1 aliphatic heterocycles. The summed E-state index contributed by atoms with van der Waals surface area (Å²) in [5.74, 6) is 1.86. The minimum atomic E-state index is -0.206. The number of likely N-dealkylation sites (tertiary alicyclic amines) is 1. The molecule has 1 aromatic rings. The van der Waals surface area contributed by atoms with Crippen LogP contribution in [0.3, 0.4) is 0 Å². The Morgan fingerprint density at radius 2 is 2.04 bits per heavy atom.